The lowest BCUT2D eigenvalue weighted by Crippen LogP contribution is -1.96. The van der Waals surface area contributed by atoms with Crippen LogP contribution in [-0.2, 0) is 0 Å². The zero-order valence-corrected chi connectivity index (χ0v) is 10.4. The van der Waals surface area contributed by atoms with Crippen LogP contribution in [0.15, 0.2) is 36.7 Å². The van der Waals surface area contributed by atoms with Crippen molar-refractivity contribution in [2.75, 3.05) is 7.11 Å². The van der Waals surface area contributed by atoms with Gasteiger partial charge in [0, 0.05) is 5.69 Å². The molecular formula is C12H10N4OS. The lowest BCUT2D eigenvalue weighted by atomic mass is 10.3. The maximum Gasteiger partial charge on any atom is 0.242 e. The Balaban J connectivity index is 2.37. The SMILES string of the molecule is COc1ncnc2c1[nH]c(=S)n2-c1ccccc1. The minimum Gasteiger partial charge on any atom is -0.479 e. The first-order chi connectivity index (χ1) is 8.81. The third-order valence-corrected chi connectivity index (χ3v) is 2.93. The first-order valence-corrected chi connectivity index (χ1v) is 5.77. The molecule has 2 aromatic heterocycles. The van der Waals surface area contributed by atoms with Crippen LogP contribution in [0.3, 0.4) is 0 Å². The fourth-order valence-electron chi connectivity index (χ4n) is 1.87. The molecule has 0 spiro atoms. The molecule has 0 saturated carbocycles. The van der Waals surface area contributed by atoms with Gasteiger partial charge in [-0.1, -0.05) is 18.2 Å². The van der Waals surface area contributed by atoms with Crippen LogP contribution in [-0.4, -0.2) is 26.6 Å². The molecule has 2 heterocycles. The Morgan fingerprint density at radius 2 is 2.00 bits per heavy atom. The Hall–Kier alpha value is -2.21. The molecule has 0 fully saturated rings. The van der Waals surface area contributed by atoms with Crippen LogP contribution in [0.25, 0.3) is 16.9 Å². The number of rotatable bonds is 2. The topological polar surface area (TPSA) is 55.7 Å². The molecule has 1 aromatic carbocycles. The number of aromatic nitrogens is 4. The normalized spacial score (nSPS) is 10.7. The molecule has 0 bridgehead atoms. The molecule has 6 heteroatoms. The lowest BCUT2D eigenvalue weighted by molar-refractivity contribution is 0.401. The number of H-pyrrole nitrogens is 1. The van der Waals surface area contributed by atoms with Gasteiger partial charge >= 0.3 is 0 Å². The number of para-hydroxylation sites is 1. The molecule has 3 aromatic rings. The number of nitrogens with zero attached hydrogens (tertiary/aromatic N) is 3. The average Bonchev–Trinajstić information content (AvgIpc) is 2.75. The van der Waals surface area contributed by atoms with Crippen molar-refractivity contribution in [3.63, 3.8) is 0 Å². The molecule has 0 unspecified atom stereocenters. The van der Waals surface area contributed by atoms with Gasteiger partial charge in [0.05, 0.1) is 7.11 Å². The summed E-state index contributed by atoms with van der Waals surface area (Å²) >= 11 is 5.33. The van der Waals surface area contributed by atoms with Crippen LogP contribution < -0.4 is 4.74 Å². The summed E-state index contributed by atoms with van der Waals surface area (Å²) in [5.41, 5.74) is 2.36. The number of hydrogen-bond donors (Lipinski definition) is 1. The maximum atomic E-state index is 5.33. The highest BCUT2D eigenvalue weighted by molar-refractivity contribution is 7.71. The van der Waals surface area contributed by atoms with Crippen molar-refractivity contribution < 1.29 is 4.74 Å². The van der Waals surface area contributed by atoms with E-state index >= 15 is 0 Å². The molecule has 0 atom stereocenters. The van der Waals surface area contributed by atoms with E-state index in [-0.39, 0.29) is 0 Å². The molecular weight excluding hydrogens is 248 g/mol. The van der Waals surface area contributed by atoms with Gasteiger partial charge < -0.3 is 9.72 Å². The Kier molecular flexibility index (Phi) is 2.56. The van der Waals surface area contributed by atoms with Crippen molar-refractivity contribution in [3.8, 4) is 11.6 Å². The van der Waals surface area contributed by atoms with E-state index in [0.29, 0.717) is 21.8 Å². The zero-order valence-electron chi connectivity index (χ0n) is 9.62. The van der Waals surface area contributed by atoms with Gasteiger partial charge in [0.15, 0.2) is 10.4 Å². The van der Waals surface area contributed by atoms with Gasteiger partial charge in [-0.25, -0.2) is 4.98 Å². The van der Waals surface area contributed by atoms with Crippen molar-refractivity contribution in [2.24, 2.45) is 0 Å². The molecule has 0 aliphatic heterocycles. The van der Waals surface area contributed by atoms with Gasteiger partial charge in [0.1, 0.15) is 11.8 Å². The summed E-state index contributed by atoms with van der Waals surface area (Å²) in [5.74, 6) is 0.487. The molecule has 0 amide bonds. The molecule has 3 rings (SSSR count). The summed E-state index contributed by atoms with van der Waals surface area (Å²) in [6.45, 7) is 0. The van der Waals surface area contributed by atoms with E-state index in [2.05, 4.69) is 15.0 Å². The Morgan fingerprint density at radius 3 is 2.72 bits per heavy atom. The number of nitrogens with one attached hydrogen (secondary N) is 1. The molecule has 0 radical (unpaired) electrons. The largest absolute Gasteiger partial charge is 0.479 e. The number of fused-ring (bicyclic) bond motifs is 1. The summed E-state index contributed by atoms with van der Waals surface area (Å²) < 4.78 is 7.61. The van der Waals surface area contributed by atoms with Crippen LogP contribution in [0.1, 0.15) is 0 Å². The molecule has 5 nitrogen and oxygen atoms in total. The summed E-state index contributed by atoms with van der Waals surface area (Å²) in [7, 11) is 1.57. The van der Waals surface area contributed by atoms with Crippen molar-refractivity contribution in [3.05, 3.63) is 41.4 Å². The predicted octanol–water partition coefficient (Wildman–Crippen LogP) is 2.49. The van der Waals surface area contributed by atoms with E-state index in [9.17, 15) is 0 Å². The van der Waals surface area contributed by atoms with Crippen molar-refractivity contribution >= 4 is 23.4 Å². The summed E-state index contributed by atoms with van der Waals surface area (Å²) in [6.07, 6.45) is 1.46. The first-order valence-electron chi connectivity index (χ1n) is 5.36. The van der Waals surface area contributed by atoms with Gasteiger partial charge in [-0.05, 0) is 24.4 Å². The summed E-state index contributed by atoms with van der Waals surface area (Å²) in [6, 6.07) is 9.80. The van der Waals surface area contributed by atoms with E-state index in [0.717, 1.165) is 5.69 Å². The minimum atomic E-state index is 0.487. The quantitative estimate of drug-likeness (QED) is 0.717. The van der Waals surface area contributed by atoms with Crippen LogP contribution in [0.4, 0.5) is 0 Å². The molecule has 0 aliphatic carbocycles. The third-order valence-electron chi connectivity index (χ3n) is 2.65. The summed E-state index contributed by atoms with van der Waals surface area (Å²) in [4.78, 5) is 11.4. The first kappa shape index (κ1) is 10.9. The van der Waals surface area contributed by atoms with Crippen molar-refractivity contribution in [1.82, 2.24) is 19.5 Å². The monoisotopic (exact) mass is 258 g/mol. The highest BCUT2D eigenvalue weighted by atomic mass is 32.1. The van der Waals surface area contributed by atoms with E-state index in [1.165, 1.54) is 6.33 Å². The van der Waals surface area contributed by atoms with Crippen molar-refractivity contribution in [2.45, 2.75) is 0 Å². The second-order valence-electron chi connectivity index (χ2n) is 3.68. The van der Waals surface area contributed by atoms with Crippen molar-refractivity contribution in [1.29, 1.82) is 0 Å². The Labute approximate surface area is 108 Å². The van der Waals surface area contributed by atoms with Gasteiger partial charge in [-0.15, -0.1) is 0 Å². The highest BCUT2D eigenvalue weighted by Gasteiger charge is 2.12. The molecule has 0 aliphatic rings. The number of hydrogen-bond acceptors (Lipinski definition) is 4. The average molecular weight is 258 g/mol. The van der Waals surface area contributed by atoms with E-state index in [4.69, 9.17) is 17.0 Å². The molecule has 18 heavy (non-hydrogen) atoms. The number of methoxy groups -OCH3 is 1. The predicted molar refractivity (Wildman–Crippen MR) is 70.6 cm³/mol. The standard InChI is InChI=1S/C12H10N4OS/c1-17-11-9-10(13-7-14-11)16(12(18)15-9)8-5-3-2-4-6-8/h2-7H,1H3,(H,15,18). The van der Waals surface area contributed by atoms with Gasteiger partial charge in [0.25, 0.3) is 0 Å². The molecule has 90 valence electrons. The van der Waals surface area contributed by atoms with Crippen LogP contribution >= 0.6 is 12.2 Å². The lowest BCUT2D eigenvalue weighted by Gasteiger charge is -2.03. The summed E-state index contributed by atoms with van der Waals surface area (Å²) in [5, 5.41) is 0. The second kappa shape index (κ2) is 4.23. The number of aromatic amines is 1. The minimum absolute atomic E-state index is 0.487. The molecule has 0 saturated heterocycles. The fourth-order valence-corrected chi connectivity index (χ4v) is 2.16. The highest BCUT2D eigenvalue weighted by Crippen LogP contribution is 2.22. The van der Waals surface area contributed by atoms with Gasteiger partial charge in [-0.2, -0.15) is 4.98 Å². The smallest absolute Gasteiger partial charge is 0.242 e. The number of imidazole rings is 1. The van der Waals surface area contributed by atoms with Gasteiger partial charge in [0.2, 0.25) is 5.88 Å². The van der Waals surface area contributed by atoms with E-state index in [1.807, 2.05) is 34.9 Å². The Morgan fingerprint density at radius 1 is 1.22 bits per heavy atom. The number of ether oxygens (including phenoxy) is 1. The van der Waals surface area contributed by atoms with Crippen LogP contribution in [0, 0.1) is 4.77 Å². The van der Waals surface area contributed by atoms with Gasteiger partial charge in [-0.3, -0.25) is 4.57 Å². The number of benzene rings is 1. The van der Waals surface area contributed by atoms with Crippen LogP contribution in [0.5, 0.6) is 5.88 Å². The Bertz CT molecular complexity index is 748. The van der Waals surface area contributed by atoms with E-state index < -0.39 is 0 Å². The van der Waals surface area contributed by atoms with E-state index in [1.54, 1.807) is 7.11 Å². The fraction of sp³-hybridized carbons (Fsp3) is 0.0833. The third kappa shape index (κ3) is 1.58. The molecule has 1 N–H and O–H groups in total. The zero-order chi connectivity index (χ0) is 12.5. The maximum absolute atomic E-state index is 5.33. The second-order valence-corrected chi connectivity index (χ2v) is 4.07. The van der Waals surface area contributed by atoms with Crippen LogP contribution in [0.2, 0.25) is 0 Å².